The van der Waals surface area contributed by atoms with Crippen molar-refractivity contribution in [1.82, 2.24) is 10.3 Å². The van der Waals surface area contributed by atoms with Crippen LogP contribution in [0.3, 0.4) is 0 Å². The molecule has 0 saturated carbocycles. The van der Waals surface area contributed by atoms with Crippen molar-refractivity contribution in [1.29, 1.82) is 0 Å². The molecular formula is C18H18N2O3. The summed E-state index contributed by atoms with van der Waals surface area (Å²) >= 11 is 0. The van der Waals surface area contributed by atoms with Gasteiger partial charge in [0.05, 0.1) is 1.37 Å². The van der Waals surface area contributed by atoms with Gasteiger partial charge < -0.3 is 9.84 Å². The number of hydrogen-bond acceptors (Lipinski definition) is 4. The fourth-order valence-corrected chi connectivity index (χ4v) is 2.52. The molecule has 0 bridgehead atoms. The molecule has 1 aliphatic rings. The lowest BCUT2D eigenvalue weighted by molar-refractivity contribution is -0.137. The highest BCUT2D eigenvalue weighted by atomic mass is 16.5. The van der Waals surface area contributed by atoms with E-state index in [4.69, 9.17) is 6.11 Å². The number of aromatic nitrogens is 1. The van der Waals surface area contributed by atoms with Gasteiger partial charge in [0, 0.05) is 17.8 Å². The molecule has 1 aromatic heterocycles. The SMILES string of the molecule is [2H]C1(C)C=C(c2ccc(Oc3cccc(C)n3)cc2)C(C(=O)O)N1. The van der Waals surface area contributed by atoms with Crippen molar-refractivity contribution in [2.75, 3.05) is 0 Å². The lowest BCUT2D eigenvalue weighted by Gasteiger charge is -2.12. The van der Waals surface area contributed by atoms with E-state index >= 15 is 0 Å². The van der Waals surface area contributed by atoms with E-state index in [2.05, 4.69) is 10.3 Å². The van der Waals surface area contributed by atoms with Gasteiger partial charge in [-0.3, -0.25) is 10.1 Å². The number of nitrogens with zero attached hydrogens (tertiary/aromatic N) is 1. The molecule has 2 heterocycles. The monoisotopic (exact) mass is 311 g/mol. The van der Waals surface area contributed by atoms with Gasteiger partial charge in [-0.25, -0.2) is 4.98 Å². The molecule has 1 aromatic carbocycles. The van der Waals surface area contributed by atoms with E-state index in [1.165, 1.54) is 0 Å². The second-order valence-electron chi connectivity index (χ2n) is 5.44. The summed E-state index contributed by atoms with van der Waals surface area (Å²) in [6.45, 7) is 3.51. The van der Waals surface area contributed by atoms with E-state index in [1.807, 2.05) is 19.1 Å². The van der Waals surface area contributed by atoms with Gasteiger partial charge in [-0.2, -0.15) is 0 Å². The largest absolute Gasteiger partial charge is 0.480 e. The molecule has 2 unspecified atom stereocenters. The fraction of sp³-hybridized carbons (Fsp3) is 0.222. The predicted molar refractivity (Wildman–Crippen MR) is 87.5 cm³/mol. The third-order valence-electron chi connectivity index (χ3n) is 3.57. The van der Waals surface area contributed by atoms with Gasteiger partial charge in [-0.1, -0.05) is 24.3 Å². The number of pyridine rings is 1. The van der Waals surface area contributed by atoms with Crippen molar-refractivity contribution >= 4 is 11.5 Å². The lowest BCUT2D eigenvalue weighted by Crippen LogP contribution is -2.36. The van der Waals surface area contributed by atoms with Crippen LogP contribution in [-0.4, -0.2) is 28.1 Å². The Kier molecular flexibility index (Phi) is 3.78. The molecule has 3 rings (SSSR count). The van der Waals surface area contributed by atoms with Gasteiger partial charge in [0.15, 0.2) is 0 Å². The van der Waals surface area contributed by atoms with Crippen LogP contribution in [0.15, 0.2) is 48.5 Å². The maximum atomic E-state index is 11.4. The van der Waals surface area contributed by atoms with Crippen molar-refractivity contribution in [2.24, 2.45) is 0 Å². The molecule has 0 saturated heterocycles. The minimum atomic E-state index is -1.10. The first-order valence-corrected chi connectivity index (χ1v) is 7.29. The van der Waals surface area contributed by atoms with Crippen LogP contribution < -0.4 is 10.1 Å². The van der Waals surface area contributed by atoms with E-state index in [1.54, 1.807) is 43.3 Å². The number of carbonyl (C=O) groups is 1. The van der Waals surface area contributed by atoms with Crippen molar-refractivity contribution in [3.05, 3.63) is 59.8 Å². The van der Waals surface area contributed by atoms with Gasteiger partial charge in [0.2, 0.25) is 5.88 Å². The minimum Gasteiger partial charge on any atom is -0.480 e. The van der Waals surface area contributed by atoms with Crippen LogP contribution in [-0.2, 0) is 4.79 Å². The second kappa shape index (κ2) is 6.22. The smallest absolute Gasteiger partial charge is 0.325 e. The Morgan fingerprint density at radius 3 is 2.70 bits per heavy atom. The van der Waals surface area contributed by atoms with Crippen LogP contribution in [0.5, 0.6) is 11.6 Å². The Morgan fingerprint density at radius 1 is 1.30 bits per heavy atom. The highest BCUT2D eigenvalue weighted by Gasteiger charge is 2.29. The van der Waals surface area contributed by atoms with Crippen molar-refractivity contribution in [3.8, 4) is 11.6 Å². The quantitative estimate of drug-likeness (QED) is 0.908. The number of rotatable bonds is 4. The number of ether oxygens (including phenoxy) is 1. The van der Waals surface area contributed by atoms with E-state index in [9.17, 15) is 9.90 Å². The summed E-state index contributed by atoms with van der Waals surface area (Å²) in [7, 11) is 0. The third-order valence-corrected chi connectivity index (χ3v) is 3.57. The summed E-state index contributed by atoms with van der Waals surface area (Å²) in [6.07, 6.45) is 1.63. The molecule has 2 atom stereocenters. The molecule has 0 amide bonds. The van der Waals surface area contributed by atoms with Crippen LogP contribution >= 0.6 is 0 Å². The first-order chi connectivity index (χ1) is 11.3. The summed E-state index contributed by atoms with van der Waals surface area (Å²) in [5, 5.41) is 12.1. The molecule has 5 heteroatoms. The van der Waals surface area contributed by atoms with Gasteiger partial charge in [-0.15, -0.1) is 0 Å². The van der Waals surface area contributed by atoms with Crippen LogP contribution in [0.25, 0.3) is 5.57 Å². The summed E-state index contributed by atoms with van der Waals surface area (Å²) < 4.78 is 13.7. The third kappa shape index (κ3) is 3.40. The first kappa shape index (κ1) is 14.0. The number of aliphatic carboxylic acids is 1. The van der Waals surface area contributed by atoms with Crippen molar-refractivity contribution < 1.29 is 16.0 Å². The molecule has 1 aliphatic heterocycles. The lowest BCUT2D eigenvalue weighted by atomic mass is 10.0. The number of benzene rings is 1. The van der Waals surface area contributed by atoms with Crippen LogP contribution in [0.1, 0.15) is 19.6 Å². The molecule has 2 aromatic rings. The summed E-state index contributed by atoms with van der Waals surface area (Å²) in [4.78, 5) is 15.7. The van der Waals surface area contributed by atoms with Crippen molar-refractivity contribution in [3.63, 3.8) is 0 Å². The molecule has 5 nitrogen and oxygen atoms in total. The number of hydrogen-bond donors (Lipinski definition) is 2. The van der Waals surface area contributed by atoms with E-state index in [0.29, 0.717) is 17.2 Å². The maximum Gasteiger partial charge on any atom is 0.325 e. The van der Waals surface area contributed by atoms with Crippen LogP contribution in [0.2, 0.25) is 0 Å². The number of carboxylic acid groups (broad SMARTS) is 1. The average molecular weight is 311 g/mol. The Hall–Kier alpha value is -2.66. The molecule has 2 N–H and O–H groups in total. The molecule has 0 aliphatic carbocycles. The Labute approximate surface area is 136 Å². The number of aryl methyl sites for hydroxylation is 1. The van der Waals surface area contributed by atoms with E-state index in [0.717, 1.165) is 11.3 Å². The number of carboxylic acids is 1. The van der Waals surface area contributed by atoms with Crippen LogP contribution in [0.4, 0.5) is 0 Å². The zero-order chi connectivity index (χ0) is 17.3. The van der Waals surface area contributed by atoms with Gasteiger partial charge >= 0.3 is 5.97 Å². The maximum absolute atomic E-state index is 11.4. The molecule has 23 heavy (non-hydrogen) atoms. The zero-order valence-electron chi connectivity index (χ0n) is 13.9. The van der Waals surface area contributed by atoms with Gasteiger partial charge in [0.25, 0.3) is 0 Å². The molecule has 0 spiro atoms. The summed E-state index contributed by atoms with van der Waals surface area (Å²) in [6, 6.07) is 10.6. The number of nitrogens with one attached hydrogen (secondary N) is 1. The Bertz CT molecular complexity index is 800. The predicted octanol–water partition coefficient (Wildman–Crippen LogP) is 3.01. The molecular weight excluding hydrogens is 292 g/mol. The van der Waals surface area contributed by atoms with Gasteiger partial charge in [0.1, 0.15) is 11.8 Å². The van der Waals surface area contributed by atoms with E-state index in [-0.39, 0.29) is 0 Å². The minimum absolute atomic E-state index is 0.506. The van der Waals surface area contributed by atoms with Crippen molar-refractivity contribution in [2.45, 2.75) is 25.9 Å². The second-order valence-corrected chi connectivity index (χ2v) is 5.44. The van der Waals surface area contributed by atoms with Crippen LogP contribution in [0, 0.1) is 6.92 Å². The highest BCUT2D eigenvalue weighted by molar-refractivity contribution is 5.93. The first-order valence-electron chi connectivity index (χ1n) is 7.79. The van der Waals surface area contributed by atoms with Gasteiger partial charge in [-0.05, 0) is 43.2 Å². The molecule has 118 valence electrons. The highest BCUT2D eigenvalue weighted by Crippen LogP contribution is 2.27. The van der Waals surface area contributed by atoms with E-state index < -0.39 is 18.0 Å². The topological polar surface area (TPSA) is 71.5 Å². The summed E-state index contributed by atoms with van der Waals surface area (Å²) in [5.74, 6) is 0.122. The average Bonchev–Trinajstić information content (AvgIpc) is 2.84. The fourth-order valence-electron chi connectivity index (χ4n) is 2.52. The Balaban J connectivity index is 1.83. The summed E-state index contributed by atoms with van der Waals surface area (Å²) in [5.41, 5.74) is 2.20. The Morgan fingerprint density at radius 2 is 2.04 bits per heavy atom. The molecule has 0 fully saturated rings. The molecule has 0 radical (unpaired) electrons. The standard InChI is InChI=1S/C18H18N2O3/c1-11-4-3-5-16(19-11)23-14-8-6-13(7-9-14)15-10-12(2)20-17(15)18(21)22/h3-10,12,17,20H,1-2H3,(H,21,22)/i12D. The zero-order valence-corrected chi connectivity index (χ0v) is 12.9. The normalized spacial score (nSPS) is 24.0.